The third kappa shape index (κ3) is 3.12. The maximum atomic E-state index is 13.1. The quantitative estimate of drug-likeness (QED) is 0.829. The Morgan fingerprint density at radius 2 is 1.75 bits per heavy atom. The Hall–Kier alpha value is -1.93. The van der Waals surface area contributed by atoms with E-state index in [1.54, 1.807) is 30.1 Å². The predicted molar refractivity (Wildman–Crippen MR) is 104 cm³/mol. The molecule has 0 radical (unpaired) electrons. The number of nitrogens with zero attached hydrogens (tertiary/aromatic N) is 2. The Labute approximate surface area is 165 Å². The first-order chi connectivity index (χ1) is 13.3. The number of hydrogen-bond acceptors (Lipinski definition) is 4. The van der Waals surface area contributed by atoms with Crippen LogP contribution in [0.15, 0.2) is 23.1 Å². The second-order valence-corrected chi connectivity index (χ2v) is 10.1. The van der Waals surface area contributed by atoms with Crippen LogP contribution in [0.25, 0.3) is 0 Å². The zero-order chi connectivity index (χ0) is 20.1. The lowest BCUT2D eigenvalue weighted by atomic mass is 9.86. The summed E-state index contributed by atoms with van der Waals surface area (Å²) in [6.07, 6.45) is 4.89. The number of sulfonamides is 1. The van der Waals surface area contributed by atoms with Crippen molar-refractivity contribution in [2.24, 2.45) is 11.8 Å². The number of carboxylic acid groups (broad SMARTS) is 1. The highest BCUT2D eigenvalue weighted by Crippen LogP contribution is 2.47. The lowest BCUT2D eigenvalue weighted by Crippen LogP contribution is -2.40. The van der Waals surface area contributed by atoms with E-state index in [0.29, 0.717) is 12.8 Å². The zero-order valence-electron chi connectivity index (χ0n) is 16.0. The number of benzene rings is 1. The van der Waals surface area contributed by atoms with Crippen molar-refractivity contribution >= 4 is 27.6 Å². The molecule has 7 nitrogen and oxygen atoms in total. The molecule has 4 rings (SSSR count). The maximum Gasteiger partial charge on any atom is 0.306 e. The third-order valence-electron chi connectivity index (χ3n) is 6.60. The molecule has 1 aromatic rings. The molecule has 28 heavy (non-hydrogen) atoms. The van der Waals surface area contributed by atoms with Gasteiger partial charge in [0.25, 0.3) is 0 Å². The summed E-state index contributed by atoms with van der Waals surface area (Å²) in [6, 6.07) is 4.98. The Morgan fingerprint density at radius 3 is 2.36 bits per heavy atom. The monoisotopic (exact) mass is 406 g/mol. The average Bonchev–Trinajstić information content (AvgIpc) is 3.29. The van der Waals surface area contributed by atoms with Crippen molar-refractivity contribution in [3.63, 3.8) is 0 Å². The van der Waals surface area contributed by atoms with Crippen molar-refractivity contribution in [3.8, 4) is 0 Å². The van der Waals surface area contributed by atoms with Gasteiger partial charge in [-0.25, -0.2) is 8.42 Å². The fourth-order valence-corrected chi connectivity index (χ4v) is 6.45. The molecular weight excluding hydrogens is 380 g/mol. The van der Waals surface area contributed by atoms with Gasteiger partial charge in [-0.3, -0.25) is 9.59 Å². The van der Waals surface area contributed by atoms with E-state index in [2.05, 4.69) is 0 Å². The van der Waals surface area contributed by atoms with E-state index in [9.17, 15) is 18.0 Å². The maximum absolute atomic E-state index is 13.1. The summed E-state index contributed by atoms with van der Waals surface area (Å²) >= 11 is 0. The number of carbonyl (C=O) groups is 2. The van der Waals surface area contributed by atoms with Crippen LogP contribution >= 0.6 is 0 Å². The molecule has 1 aromatic carbocycles. The van der Waals surface area contributed by atoms with Crippen LogP contribution in [0.5, 0.6) is 0 Å². The lowest BCUT2D eigenvalue weighted by molar-refractivity contribution is -0.142. The van der Waals surface area contributed by atoms with Crippen molar-refractivity contribution in [2.75, 3.05) is 25.0 Å². The van der Waals surface area contributed by atoms with Crippen molar-refractivity contribution in [1.82, 2.24) is 4.31 Å². The van der Waals surface area contributed by atoms with Crippen molar-refractivity contribution < 1.29 is 23.1 Å². The van der Waals surface area contributed by atoms with Crippen LogP contribution in [-0.4, -0.2) is 49.8 Å². The van der Waals surface area contributed by atoms with Crippen LogP contribution in [0.1, 0.15) is 50.0 Å². The molecule has 1 saturated heterocycles. The second kappa shape index (κ2) is 7.15. The number of rotatable bonds is 4. The van der Waals surface area contributed by atoms with E-state index in [1.165, 1.54) is 4.31 Å². The van der Waals surface area contributed by atoms with Crippen LogP contribution in [0.4, 0.5) is 5.69 Å². The number of anilines is 1. The third-order valence-corrected chi connectivity index (χ3v) is 8.50. The Kier molecular flexibility index (Phi) is 4.95. The summed E-state index contributed by atoms with van der Waals surface area (Å²) in [4.78, 5) is 25.8. The van der Waals surface area contributed by atoms with E-state index < -0.39 is 21.9 Å². The first-order valence-electron chi connectivity index (χ1n) is 9.95. The van der Waals surface area contributed by atoms with Gasteiger partial charge in [-0.2, -0.15) is 4.31 Å². The standard InChI is InChI=1S/C20H26N2O5S/c1-21-17-7-6-15(12-16(17)18(19(21)23)13-4-2-3-5-13)28(26,27)22-10-8-14(9-11-22)20(24)25/h6-7,12-14,18H,2-5,8-11H2,1H3,(H,24,25). The fourth-order valence-electron chi connectivity index (χ4n) is 4.95. The fraction of sp³-hybridized carbons (Fsp3) is 0.600. The molecule has 1 atom stereocenters. The van der Waals surface area contributed by atoms with Gasteiger partial charge < -0.3 is 10.0 Å². The number of carboxylic acids is 1. The van der Waals surface area contributed by atoms with Gasteiger partial charge in [0.2, 0.25) is 15.9 Å². The highest BCUT2D eigenvalue weighted by Gasteiger charge is 2.42. The van der Waals surface area contributed by atoms with Gasteiger partial charge in [0.05, 0.1) is 16.7 Å². The van der Waals surface area contributed by atoms with Gasteiger partial charge in [0.1, 0.15) is 0 Å². The van der Waals surface area contributed by atoms with Gasteiger partial charge >= 0.3 is 5.97 Å². The number of aliphatic carboxylic acids is 1. The summed E-state index contributed by atoms with van der Waals surface area (Å²) in [5, 5.41) is 9.13. The van der Waals surface area contributed by atoms with E-state index in [-0.39, 0.29) is 35.7 Å². The van der Waals surface area contributed by atoms with Gasteiger partial charge in [0.15, 0.2) is 0 Å². The van der Waals surface area contributed by atoms with Crippen LogP contribution < -0.4 is 4.90 Å². The molecule has 8 heteroatoms. The largest absolute Gasteiger partial charge is 0.481 e. The molecule has 0 spiro atoms. The smallest absolute Gasteiger partial charge is 0.306 e. The van der Waals surface area contributed by atoms with E-state index in [0.717, 1.165) is 36.9 Å². The summed E-state index contributed by atoms with van der Waals surface area (Å²) in [6.45, 7) is 0.419. The number of amides is 1. The van der Waals surface area contributed by atoms with Crippen LogP contribution in [0.2, 0.25) is 0 Å². The molecule has 0 aromatic heterocycles. The summed E-state index contributed by atoms with van der Waals surface area (Å²) in [5.41, 5.74) is 1.62. The molecule has 0 bridgehead atoms. The molecule has 1 aliphatic carbocycles. The molecule has 1 unspecified atom stereocenters. The molecular formula is C20H26N2O5S. The number of hydrogen-bond donors (Lipinski definition) is 1. The number of piperidine rings is 1. The highest BCUT2D eigenvalue weighted by molar-refractivity contribution is 7.89. The molecule has 2 heterocycles. The van der Waals surface area contributed by atoms with Crippen molar-refractivity contribution in [2.45, 2.75) is 49.3 Å². The van der Waals surface area contributed by atoms with Crippen molar-refractivity contribution in [1.29, 1.82) is 0 Å². The molecule has 3 aliphatic rings. The number of carbonyl (C=O) groups excluding carboxylic acids is 1. The molecule has 2 fully saturated rings. The van der Waals surface area contributed by atoms with Gasteiger partial charge in [0, 0.05) is 25.8 Å². The normalized spacial score (nSPS) is 24.7. The highest BCUT2D eigenvalue weighted by atomic mass is 32.2. The second-order valence-electron chi connectivity index (χ2n) is 8.16. The van der Waals surface area contributed by atoms with Crippen molar-refractivity contribution in [3.05, 3.63) is 23.8 Å². The average molecular weight is 407 g/mol. The number of likely N-dealkylation sites (N-methyl/N-ethyl adjacent to an activating group) is 1. The summed E-state index contributed by atoms with van der Waals surface area (Å²) in [7, 11) is -1.95. The minimum Gasteiger partial charge on any atom is -0.481 e. The predicted octanol–water partition coefficient (Wildman–Crippen LogP) is 2.42. The molecule has 1 N–H and O–H groups in total. The number of fused-ring (bicyclic) bond motifs is 1. The van der Waals surface area contributed by atoms with Gasteiger partial charge in [-0.05, 0) is 55.4 Å². The summed E-state index contributed by atoms with van der Waals surface area (Å²) < 4.78 is 27.6. The van der Waals surface area contributed by atoms with Crippen LogP contribution in [0.3, 0.4) is 0 Å². The topological polar surface area (TPSA) is 95.0 Å². The first kappa shape index (κ1) is 19.4. The van der Waals surface area contributed by atoms with Crippen LogP contribution in [0, 0.1) is 11.8 Å². The minimum absolute atomic E-state index is 0.0544. The molecule has 152 valence electrons. The Bertz CT molecular complexity index is 899. The van der Waals surface area contributed by atoms with E-state index in [1.807, 2.05) is 0 Å². The Morgan fingerprint density at radius 1 is 1.11 bits per heavy atom. The van der Waals surface area contributed by atoms with Crippen LogP contribution in [-0.2, 0) is 19.6 Å². The first-order valence-corrected chi connectivity index (χ1v) is 11.4. The lowest BCUT2D eigenvalue weighted by Gasteiger charge is -2.29. The zero-order valence-corrected chi connectivity index (χ0v) is 16.8. The molecule has 2 aliphatic heterocycles. The van der Waals surface area contributed by atoms with E-state index >= 15 is 0 Å². The SMILES string of the molecule is CN1C(=O)C(C2CCCC2)c2cc(S(=O)(=O)N3CCC(C(=O)O)CC3)ccc21. The Balaban J connectivity index is 1.63. The molecule has 1 amide bonds. The van der Waals surface area contributed by atoms with Gasteiger partial charge in [-0.15, -0.1) is 0 Å². The van der Waals surface area contributed by atoms with E-state index in [4.69, 9.17) is 5.11 Å². The summed E-state index contributed by atoms with van der Waals surface area (Å²) in [5.74, 6) is -1.27. The van der Waals surface area contributed by atoms with Gasteiger partial charge in [-0.1, -0.05) is 12.8 Å². The minimum atomic E-state index is -3.70. The molecule has 1 saturated carbocycles.